The van der Waals surface area contributed by atoms with Gasteiger partial charge in [-0.25, -0.2) is 0 Å². The lowest BCUT2D eigenvalue weighted by atomic mass is 10.0. The minimum Gasteiger partial charge on any atom is -0.465 e. The van der Waals surface area contributed by atoms with Gasteiger partial charge in [0, 0.05) is 19.8 Å². The lowest BCUT2D eigenvalue weighted by Crippen LogP contribution is -2.14. The molecule has 0 bridgehead atoms. The summed E-state index contributed by atoms with van der Waals surface area (Å²) < 4.78 is 16.2. The van der Waals surface area contributed by atoms with E-state index in [1.54, 1.807) is 20.5 Å². The van der Waals surface area contributed by atoms with Gasteiger partial charge in [0.1, 0.15) is 5.76 Å². The molecule has 0 saturated carbocycles. The van der Waals surface area contributed by atoms with Crippen molar-refractivity contribution in [1.29, 1.82) is 0 Å². The zero-order valence-corrected chi connectivity index (χ0v) is 11.5. The van der Waals surface area contributed by atoms with E-state index in [2.05, 4.69) is 18.2 Å². The molecule has 1 heterocycles. The maximum Gasteiger partial charge on any atom is 0.183 e. The van der Waals surface area contributed by atoms with E-state index in [9.17, 15) is 0 Å². The molecule has 102 valence electrons. The second kappa shape index (κ2) is 5.49. The molecular formula is C17H16O3. The quantitative estimate of drug-likeness (QED) is 0.790. The predicted molar refractivity (Wildman–Crippen MR) is 78.8 cm³/mol. The average Bonchev–Trinajstić information content (AvgIpc) is 3.10. The van der Waals surface area contributed by atoms with Crippen molar-refractivity contribution in [2.45, 2.75) is 6.29 Å². The van der Waals surface area contributed by atoms with Crippen LogP contribution in [0.1, 0.15) is 16.9 Å². The zero-order valence-electron chi connectivity index (χ0n) is 11.5. The molecule has 3 nitrogen and oxygen atoms in total. The number of rotatable bonds is 4. The molecule has 0 unspecified atom stereocenters. The number of benzene rings is 1. The molecule has 1 aromatic carbocycles. The Hall–Kier alpha value is -2.10. The number of hydrogen-bond acceptors (Lipinski definition) is 3. The molecule has 0 atom stereocenters. The molecular weight excluding hydrogens is 252 g/mol. The van der Waals surface area contributed by atoms with E-state index in [1.165, 1.54) is 0 Å². The van der Waals surface area contributed by atoms with Gasteiger partial charge >= 0.3 is 0 Å². The number of furan rings is 1. The third-order valence-electron chi connectivity index (χ3n) is 3.38. The molecule has 3 rings (SSSR count). The Kier molecular flexibility index (Phi) is 3.54. The summed E-state index contributed by atoms with van der Waals surface area (Å²) in [5.41, 5.74) is 4.44. The van der Waals surface area contributed by atoms with Crippen molar-refractivity contribution in [3.8, 4) is 0 Å². The van der Waals surface area contributed by atoms with Crippen LogP contribution in [0.15, 0.2) is 53.2 Å². The van der Waals surface area contributed by atoms with Gasteiger partial charge in [-0.2, -0.15) is 0 Å². The predicted octanol–water partition coefficient (Wildman–Crippen LogP) is 3.84. The monoisotopic (exact) mass is 268 g/mol. The molecule has 2 aromatic rings. The number of hydrogen-bond donors (Lipinski definition) is 0. The van der Waals surface area contributed by atoms with Crippen molar-refractivity contribution in [2.24, 2.45) is 0 Å². The molecule has 0 fully saturated rings. The number of fused-ring (bicyclic) bond motifs is 1. The lowest BCUT2D eigenvalue weighted by molar-refractivity contribution is -0.0588. The summed E-state index contributed by atoms with van der Waals surface area (Å²) in [4.78, 5) is 0. The fraction of sp³-hybridized carbons (Fsp3) is 0.176. The minimum absolute atomic E-state index is 0.362. The summed E-state index contributed by atoms with van der Waals surface area (Å²) in [5.74, 6) is 0.832. The Bertz CT molecular complexity index is 647. The van der Waals surface area contributed by atoms with Crippen LogP contribution in [-0.4, -0.2) is 20.5 Å². The number of ether oxygens (including phenoxy) is 2. The van der Waals surface area contributed by atoms with Crippen LogP contribution in [0.2, 0.25) is 0 Å². The second-order valence-electron chi connectivity index (χ2n) is 4.56. The van der Waals surface area contributed by atoms with Gasteiger partial charge in [0.05, 0.1) is 6.26 Å². The molecule has 0 N–H and O–H groups in total. The third kappa shape index (κ3) is 2.22. The highest BCUT2D eigenvalue weighted by molar-refractivity contribution is 6.01. The van der Waals surface area contributed by atoms with Gasteiger partial charge in [0.25, 0.3) is 0 Å². The summed E-state index contributed by atoms with van der Waals surface area (Å²) in [6.07, 6.45) is 5.42. The average molecular weight is 268 g/mol. The minimum atomic E-state index is -0.362. The summed E-state index contributed by atoms with van der Waals surface area (Å²) in [5, 5.41) is 0. The Morgan fingerprint density at radius 1 is 1.00 bits per heavy atom. The van der Waals surface area contributed by atoms with Gasteiger partial charge in [-0.05, 0) is 41.0 Å². The van der Waals surface area contributed by atoms with E-state index in [1.807, 2.05) is 30.3 Å². The largest absolute Gasteiger partial charge is 0.465 e. The number of allylic oxidation sites excluding steroid dienone is 2. The zero-order chi connectivity index (χ0) is 13.9. The molecule has 0 amide bonds. The van der Waals surface area contributed by atoms with Crippen molar-refractivity contribution >= 4 is 17.2 Å². The van der Waals surface area contributed by atoms with Crippen LogP contribution in [0.3, 0.4) is 0 Å². The Balaban J connectivity index is 2.08. The molecule has 0 saturated heterocycles. The standard InChI is InChI=1S/C17H16O3/c1-18-17(19-2)16-11-12(10-13-6-5-9-20-13)14-7-3-4-8-15(14)16/h3-11,17H,1-2H3/b12-10+. The van der Waals surface area contributed by atoms with Crippen LogP contribution in [0.5, 0.6) is 0 Å². The Morgan fingerprint density at radius 2 is 1.75 bits per heavy atom. The third-order valence-corrected chi connectivity index (χ3v) is 3.38. The molecule has 1 aliphatic carbocycles. The molecule has 3 heteroatoms. The SMILES string of the molecule is COC(OC)C1=C/C(=C\c2ccco2)c2ccccc21. The second-order valence-corrected chi connectivity index (χ2v) is 4.56. The molecule has 1 aliphatic rings. The molecule has 0 radical (unpaired) electrons. The van der Waals surface area contributed by atoms with Crippen LogP contribution in [0.4, 0.5) is 0 Å². The normalized spacial score (nSPS) is 15.8. The highest BCUT2D eigenvalue weighted by Gasteiger charge is 2.24. The van der Waals surface area contributed by atoms with Gasteiger partial charge in [0.2, 0.25) is 0 Å². The van der Waals surface area contributed by atoms with Crippen LogP contribution in [0.25, 0.3) is 17.2 Å². The van der Waals surface area contributed by atoms with E-state index in [0.29, 0.717) is 0 Å². The van der Waals surface area contributed by atoms with Gasteiger partial charge < -0.3 is 13.9 Å². The van der Waals surface area contributed by atoms with Gasteiger partial charge in [0.15, 0.2) is 6.29 Å². The van der Waals surface area contributed by atoms with E-state index < -0.39 is 0 Å². The van der Waals surface area contributed by atoms with E-state index in [-0.39, 0.29) is 6.29 Å². The van der Waals surface area contributed by atoms with Crippen molar-refractivity contribution in [3.05, 3.63) is 65.6 Å². The summed E-state index contributed by atoms with van der Waals surface area (Å²) in [6, 6.07) is 12.0. The van der Waals surface area contributed by atoms with Crippen LogP contribution in [0, 0.1) is 0 Å². The Morgan fingerprint density at radius 3 is 2.40 bits per heavy atom. The fourth-order valence-electron chi connectivity index (χ4n) is 2.50. The van der Waals surface area contributed by atoms with Gasteiger partial charge in [-0.1, -0.05) is 24.3 Å². The highest BCUT2D eigenvalue weighted by atomic mass is 16.7. The van der Waals surface area contributed by atoms with E-state index in [4.69, 9.17) is 13.9 Å². The smallest absolute Gasteiger partial charge is 0.183 e. The van der Waals surface area contributed by atoms with Crippen LogP contribution in [-0.2, 0) is 9.47 Å². The van der Waals surface area contributed by atoms with E-state index in [0.717, 1.165) is 28.0 Å². The summed E-state index contributed by atoms with van der Waals surface area (Å²) >= 11 is 0. The highest BCUT2D eigenvalue weighted by Crippen LogP contribution is 2.38. The molecule has 0 spiro atoms. The van der Waals surface area contributed by atoms with E-state index >= 15 is 0 Å². The van der Waals surface area contributed by atoms with Crippen molar-refractivity contribution in [3.63, 3.8) is 0 Å². The Labute approximate surface area is 118 Å². The first-order valence-electron chi connectivity index (χ1n) is 6.45. The van der Waals surface area contributed by atoms with Crippen LogP contribution >= 0.6 is 0 Å². The van der Waals surface area contributed by atoms with Gasteiger partial charge in [-0.15, -0.1) is 0 Å². The fourth-order valence-corrected chi connectivity index (χ4v) is 2.50. The summed E-state index contributed by atoms with van der Waals surface area (Å²) in [7, 11) is 3.29. The molecule has 20 heavy (non-hydrogen) atoms. The maximum absolute atomic E-state index is 5.39. The summed E-state index contributed by atoms with van der Waals surface area (Å²) in [6.45, 7) is 0. The molecule has 0 aliphatic heterocycles. The first kappa shape index (κ1) is 12.9. The van der Waals surface area contributed by atoms with Crippen LogP contribution < -0.4 is 0 Å². The van der Waals surface area contributed by atoms with Crippen molar-refractivity contribution < 1.29 is 13.9 Å². The molecule has 1 aromatic heterocycles. The van der Waals surface area contributed by atoms with Crippen molar-refractivity contribution in [1.82, 2.24) is 0 Å². The van der Waals surface area contributed by atoms with Gasteiger partial charge in [-0.3, -0.25) is 0 Å². The first-order chi connectivity index (χ1) is 9.83. The first-order valence-corrected chi connectivity index (χ1v) is 6.45. The van der Waals surface area contributed by atoms with Crippen molar-refractivity contribution in [2.75, 3.05) is 14.2 Å². The lowest BCUT2D eigenvalue weighted by Gasteiger charge is -2.15. The number of methoxy groups -OCH3 is 2. The maximum atomic E-state index is 5.39. The topological polar surface area (TPSA) is 31.6 Å².